The zero-order valence-electron chi connectivity index (χ0n) is 17.2. The van der Waals surface area contributed by atoms with Gasteiger partial charge in [0.25, 0.3) is 0 Å². The lowest BCUT2D eigenvalue weighted by molar-refractivity contribution is -0.192. The van der Waals surface area contributed by atoms with Gasteiger partial charge < -0.3 is 5.11 Å². The third-order valence-corrected chi connectivity index (χ3v) is 6.02. The minimum Gasteiger partial charge on any atom is -0.475 e. The van der Waals surface area contributed by atoms with Gasteiger partial charge in [-0.25, -0.2) is 9.48 Å². The van der Waals surface area contributed by atoms with Crippen LogP contribution in [0.15, 0.2) is 12.4 Å². The number of piperidine rings is 1. The van der Waals surface area contributed by atoms with E-state index in [1.54, 1.807) is 4.68 Å². The molecule has 1 saturated heterocycles. The largest absolute Gasteiger partial charge is 0.490 e. The van der Waals surface area contributed by atoms with E-state index in [2.05, 4.69) is 31.2 Å². The molecule has 2 aromatic heterocycles. The van der Waals surface area contributed by atoms with Gasteiger partial charge in [0.1, 0.15) is 0 Å². The Bertz CT molecular complexity index is 870. The van der Waals surface area contributed by atoms with Crippen LogP contribution >= 0.6 is 11.6 Å². The molecule has 1 saturated carbocycles. The molecule has 0 spiro atoms. The van der Waals surface area contributed by atoms with E-state index in [9.17, 15) is 13.2 Å². The normalized spacial score (nSPS) is 18.7. The van der Waals surface area contributed by atoms with Gasteiger partial charge in [-0.3, -0.25) is 9.58 Å². The molecule has 31 heavy (non-hydrogen) atoms. The number of hydrogen-bond acceptors (Lipinski definition) is 5. The lowest BCUT2D eigenvalue weighted by Gasteiger charge is -2.31. The summed E-state index contributed by atoms with van der Waals surface area (Å²) < 4.78 is 35.6. The summed E-state index contributed by atoms with van der Waals surface area (Å²) >= 11 is 6.22. The van der Waals surface area contributed by atoms with Crippen molar-refractivity contribution in [2.45, 2.75) is 63.2 Å². The maximum absolute atomic E-state index is 10.6. The predicted molar refractivity (Wildman–Crippen MR) is 107 cm³/mol. The Kier molecular flexibility index (Phi) is 7.58. The van der Waals surface area contributed by atoms with E-state index < -0.39 is 12.1 Å². The lowest BCUT2D eigenvalue weighted by Crippen LogP contribution is -2.34. The molecular formula is C19H26ClF3N6O2. The van der Waals surface area contributed by atoms with Gasteiger partial charge in [-0.15, -0.1) is 5.10 Å². The summed E-state index contributed by atoms with van der Waals surface area (Å²) in [5, 5.41) is 21.2. The van der Waals surface area contributed by atoms with Gasteiger partial charge in [0.2, 0.25) is 0 Å². The fourth-order valence-electron chi connectivity index (χ4n) is 4.04. The van der Waals surface area contributed by atoms with Crippen molar-refractivity contribution in [2.75, 3.05) is 13.1 Å². The molecule has 0 atom stereocenters. The number of carboxylic acid groups (broad SMARTS) is 1. The van der Waals surface area contributed by atoms with Crippen molar-refractivity contribution in [1.29, 1.82) is 0 Å². The van der Waals surface area contributed by atoms with Crippen molar-refractivity contribution in [2.24, 2.45) is 7.05 Å². The third-order valence-electron chi connectivity index (χ3n) is 5.70. The Balaban J connectivity index is 0.000000339. The molecule has 0 radical (unpaired) electrons. The molecule has 172 valence electrons. The number of halogens is 4. The first-order valence-electron chi connectivity index (χ1n) is 10.3. The second-order valence-electron chi connectivity index (χ2n) is 8.01. The third kappa shape index (κ3) is 6.42. The first kappa shape index (κ1) is 23.5. The molecule has 1 aliphatic heterocycles. The van der Waals surface area contributed by atoms with Crippen molar-refractivity contribution in [1.82, 2.24) is 29.7 Å². The van der Waals surface area contributed by atoms with Crippen molar-refractivity contribution in [3.63, 3.8) is 0 Å². The predicted octanol–water partition coefficient (Wildman–Crippen LogP) is 3.79. The number of aliphatic carboxylic acids is 1. The highest BCUT2D eigenvalue weighted by Crippen LogP contribution is 2.33. The summed E-state index contributed by atoms with van der Waals surface area (Å²) in [6.07, 6.45) is 6.44. The van der Waals surface area contributed by atoms with Gasteiger partial charge in [0.15, 0.2) is 0 Å². The summed E-state index contributed by atoms with van der Waals surface area (Å²) in [6, 6.07) is 0.475. The Morgan fingerprint density at radius 1 is 1.19 bits per heavy atom. The molecule has 1 aliphatic carbocycles. The number of aromatic nitrogens is 5. The fourth-order valence-corrected chi connectivity index (χ4v) is 4.28. The molecule has 2 fully saturated rings. The number of aryl methyl sites for hydroxylation is 1. The van der Waals surface area contributed by atoms with Crippen LogP contribution in [-0.4, -0.2) is 60.0 Å². The molecule has 12 heteroatoms. The quantitative estimate of drug-likeness (QED) is 0.743. The van der Waals surface area contributed by atoms with Gasteiger partial charge in [0.05, 0.1) is 22.5 Å². The van der Waals surface area contributed by atoms with E-state index in [1.807, 2.05) is 13.2 Å². The first-order valence-corrected chi connectivity index (χ1v) is 10.6. The van der Waals surface area contributed by atoms with Crippen LogP contribution in [0.5, 0.6) is 0 Å². The molecule has 0 aromatic carbocycles. The molecule has 1 N–H and O–H groups in total. The molecule has 0 unspecified atom stereocenters. The summed E-state index contributed by atoms with van der Waals surface area (Å²) in [5.74, 6) is -2.11. The molecular weight excluding hydrogens is 437 g/mol. The Morgan fingerprint density at radius 3 is 2.32 bits per heavy atom. The van der Waals surface area contributed by atoms with E-state index in [-0.39, 0.29) is 0 Å². The molecule has 0 bridgehead atoms. The zero-order valence-corrected chi connectivity index (χ0v) is 18.0. The number of rotatable bonds is 4. The number of alkyl halides is 3. The maximum Gasteiger partial charge on any atom is 0.490 e. The second-order valence-corrected chi connectivity index (χ2v) is 8.42. The minimum atomic E-state index is -5.08. The average Bonchev–Trinajstić information content (AvgIpc) is 3.44. The van der Waals surface area contributed by atoms with Gasteiger partial charge in [0, 0.05) is 45.0 Å². The lowest BCUT2D eigenvalue weighted by atomic mass is 10.0. The van der Waals surface area contributed by atoms with E-state index in [0.29, 0.717) is 12.0 Å². The fraction of sp³-hybridized carbons (Fsp3) is 0.684. The van der Waals surface area contributed by atoms with Gasteiger partial charge in [-0.2, -0.15) is 18.3 Å². The highest BCUT2D eigenvalue weighted by molar-refractivity contribution is 6.31. The van der Waals surface area contributed by atoms with Crippen LogP contribution in [0, 0.1) is 0 Å². The number of carboxylic acids is 1. The first-order chi connectivity index (χ1) is 14.6. The van der Waals surface area contributed by atoms with E-state index in [0.717, 1.165) is 43.2 Å². The zero-order chi connectivity index (χ0) is 22.6. The number of hydrogen-bond donors (Lipinski definition) is 1. The highest BCUT2D eigenvalue weighted by Gasteiger charge is 2.38. The number of carbonyl (C=O) groups is 1. The molecule has 8 nitrogen and oxygen atoms in total. The topological polar surface area (TPSA) is 89.1 Å². The minimum absolute atomic E-state index is 0.475. The Hall–Kier alpha value is -2.14. The van der Waals surface area contributed by atoms with Crippen molar-refractivity contribution < 1.29 is 23.1 Å². The van der Waals surface area contributed by atoms with Crippen LogP contribution < -0.4 is 0 Å². The maximum atomic E-state index is 10.6. The van der Waals surface area contributed by atoms with Crippen LogP contribution in [0.2, 0.25) is 5.02 Å². The monoisotopic (exact) mass is 462 g/mol. The summed E-state index contributed by atoms with van der Waals surface area (Å²) in [6.45, 7) is 2.93. The summed E-state index contributed by atoms with van der Waals surface area (Å²) in [4.78, 5) is 11.3. The van der Waals surface area contributed by atoms with E-state index in [4.69, 9.17) is 21.5 Å². The van der Waals surface area contributed by atoms with Crippen molar-refractivity contribution in [3.8, 4) is 0 Å². The SMILES string of the molecule is Cn1cc(Cl)c(CN2CCC(n3cc(C4CCCC4)nn3)CC2)n1.O=C(O)C(F)(F)F. The van der Waals surface area contributed by atoms with Crippen molar-refractivity contribution in [3.05, 3.63) is 28.8 Å². The van der Waals surface area contributed by atoms with Crippen LogP contribution in [-0.2, 0) is 18.4 Å². The van der Waals surface area contributed by atoms with Crippen LogP contribution in [0.4, 0.5) is 13.2 Å². The Labute approximate surface area is 183 Å². The van der Waals surface area contributed by atoms with Crippen molar-refractivity contribution >= 4 is 17.6 Å². The van der Waals surface area contributed by atoms with E-state index >= 15 is 0 Å². The molecule has 4 rings (SSSR count). The summed E-state index contributed by atoms with van der Waals surface area (Å²) in [7, 11) is 1.91. The summed E-state index contributed by atoms with van der Waals surface area (Å²) in [5.41, 5.74) is 2.18. The number of likely N-dealkylation sites (tertiary alicyclic amines) is 1. The standard InChI is InChI=1S/C17H25ClN6.C2HF3O2/c1-22-10-15(18)17(20-22)11-23-8-6-14(7-9-23)24-12-16(19-21-24)13-4-2-3-5-13;3-2(4,5)1(6)7/h10,12-14H,2-9,11H2,1H3;(H,6,7). The Morgan fingerprint density at radius 2 is 1.81 bits per heavy atom. The number of nitrogens with zero attached hydrogens (tertiary/aromatic N) is 6. The van der Waals surface area contributed by atoms with Crippen LogP contribution in [0.3, 0.4) is 0 Å². The molecule has 0 amide bonds. The van der Waals surface area contributed by atoms with Gasteiger partial charge >= 0.3 is 12.1 Å². The van der Waals surface area contributed by atoms with E-state index in [1.165, 1.54) is 31.4 Å². The molecule has 2 aromatic rings. The van der Waals surface area contributed by atoms with Gasteiger partial charge in [-0.1, -0.05) is 29.7 Å². The smallest absolute Gasteiger partial charge is 0.475 e. The average molecular weight is 463 g/mol. The van der Waals surface area contributed by atoms with Crippen LogP contribution in [0.1, 0.15) is 61.9 Å². The highest BCUT2D eigenvalue weighted by atomic mass is 35.5. The molecule has 3 heterocycles. The second kappa shape index (κ2) is 9.99. The molecule has 2 aliphatic rings. The van der Waals surface area contributed by atoms with Gasteiger partial charge in [-0.05, 0) is 25.7 Å². The van der Waals surface area contributed by atoms with Crippen LogP contribution in [0.25, 0.3) is 0 Å².